The number of rotatable bonds is 4. The number of hydrogen-bond acceptors (Lipinski definition) is 4. The first kappa shape index (κ1) is 21.4. The van der Waals surface area contributed by atoms with Gasteiger partial charge in [0.2, 0.25) is 5.91 Å². The van der Waals surface area contributed by atoms with E-state index in [1.807, 2.05) is 19.2 Å². The van der Waals surface area contributed by atoms with Gasteiger partial charge < -0.3 is 15.6 Å². The average molecular weight is 411 g/mol. The minimum absolute atomic E-state index is 0.113. The minimum atomic E-state index is -0.333. The molecule has 0 saturated heterocycles. The fourth-order valence-corrected chi connectivity index (χ4v) is 3.51. The van der Waals surface area contributed by atoms with Crippen molar-refractivity contribution in [1.82, 2.24) is 20.1 Å². The number of fused-ring (bicyclic) bond motifs is 1. The maximum Gasteiger partial charge on any atom is 0.274 e. The number of aromatic nitrogens is 3. The quantitative estimate of drug-likeness (QED) is 0.683. The van der Waals surface area contributed by atoms with Crippen LogP contribution >= 0.6 is 0 Å². The largest absolute Gasteiger partial charge is 0.370 e. The van der Waals surface area contributed by atoms with Crippen LogP contribution in [0.1, 0.15) is 49.5 Å². The summed E-state index contributed by atoms with van der Waals surface area (Å²) in [6, 6.07) is 8.76. The van der Waals surface area contributed by atoms with Crippen LogP contribution in [0.4, 0.5) is 4.39 Å². The Morgan fingerprint density at radius 3 is 2.50 bits per heavy atom. The van der Waals surface area contributed by atoms with Crippen LogP contribution < -0.4 is 5.73 Å². The van der Waals surface area contributed by atoms with E-state index in [2.05, 4.69) is 20.9 Å². The van der Waals surface area contributed by atoms with Gasteiger partial charge in [-0.15, -0.1) is 10.2 Å². The van der Waals surface area contributed by atoms with Crippen LogP contribution in [0.2, 0.25) is 0 Å². The summed E-state index contributed by atoms with van der Waals surface area (Å²) >= 11 is 0. The number of carbonyl (C=O) groups is 2. The Morgan fingerprint density at radius 1 is 1.20 bits per heavy atom. The van der Waals surface area contributed by atoms with Crippen LogP contribution in [-0.2, 0) is 4.79 Å². The smallest absolute Gasteiger partial charge is 0.274 e. The number of benzene rings is 1. The predicted octanol–water partition coefficient (Wildman–Crippen LogP) is 3.66. The Kier molecular flexibility index (Phi) is 6.76. The Morgan fingerprint density at radius 2 is 1.90 bits per heavy atom. The van der Waals surface area contributed by atoms with Crippen LogP contribution in [-0.4, -0.2) is 45.0 Å². The SMILES string of the molecule is CCC(N)=O.CN(C(=O)c1ccc(-c2cc(F)c3[nH]ccc3c2)nn1)C1CCCC1. The second-order valence-electron chi connectivity index (χ2n) is 7.38. The molecule has 0 radical (unpaired) electrons. The Labute approximate surface area is 174 Å². The minimum Gasteiger partial charge on any atom is -0.370 e. The molecular weight excluding hydrogens is 385 g/mol. The van der Waals surface area contributed by atoms with Crippen LogP contribution in [0, 0.1) is 5.82 Å². The predicted molar refractivity (Wildman–Crippen MR) is 113 cm³/mol. The first-order chi connectivity index (χ1) is 14.4. The van der Waals surface area contributed by atoms with E-state index in [9.17, 15) is 14.0 Å². The molecule has 1 aromatic carbocycles. The summed E-state index contributed by atoms with van der Waals surface area (Å²) in [6.07, 6.45) is 6.57. The van der Waals surface area contributed by atoms with Gasteiger partial charge in [-0.2, -0.15) is 0 Å². The second-order valence-corrected chi connectivity index (χ2v) is 7.38. The highest BCUT2D eigenvalue weighted by Crippen LogP contribution is 2.26. The summed E-state index contributed by atoms with van der Waals surface area (Å²) in [7, 11) is 1.82. The van der Waals surface area contributed by atoms with Crippen LogP contribution in [0.25, 0.3) is 22.2 Å². The highest BCUT2D eigenvalue weighted by molar-refractivity contribution is 5.92. The van der Waals surface area contributed by atoms with E-state index in [4.69, 9.17) is 0 Å². The topological polar surface area (TPSA) is 105 Å². The number of halogens is 1. The van der Waals surface area contributed by atoms with Gasteiger partial charge in [0.15, 0.2) is 5.69 Å². The molecule has 2 aromatic heterocycles. The molecular formula is C22H26FN5O2. The van der Waals surface area contributed by atoms with Crippen molar-refractivity contribution < 1.29 is 14.0 Å². The highest BCUT2D eigenvalue weighted by Gasteiger charge is 2.25. The van der Waals surface area contributed by atoms with Gasteiger partial charge in [-0.25, -0.2) is 4.39 Å². The third-order valence-electron chi connectivity index (χ3n) is 5.33. The van der Waals surface area contributed by atoms with Crippen molar-refractivity contribution in [3.05, 3.63) is 48.0 Å². The molecule has 0 bridgehead atoms. The van der Waals surface area contributed by atoms with Gasteiger partial charge in [0.1, 0.15) is 5.82 Å². The van der Waals surface area contributed by atoms with Gasteiger partial charge in [-0.1, -0.05) is 19.8 Å². The van der Waals surface area contributed by atoms with Gasteiger partial charge in [0.25, 0.3) is 5.91 Å². The molecule has 3 aromatic rings. The van der Waals surface area contributed by atoms with Crippen LogP contribution in [0.5, 0.6) is 0 Å². The summed E-state index contributed by atoms with van der Waals surface area (Å²) < 4.78 is 14.1. The average Bonchev–Trinajstić information content (AvgIpc) is 3.45. The highest BCUT2D eigenvalue weighted by atomic mass is 19.1. The summed E-state index contributed by atoms with van der Waals surface area (Å²) in [6.45, 7) is 1.72. The lowest BCUT2D eigenvalue weighted by Gasteiger charge is -2.23. The first-order valence-electron chi connectivity index (χ1n) is 10.1. The summed E-state index contributed by atoms with van der Waals surface area (Å²) in [5, 5.41) is 8.99. The standard InChI is InChI=1S/C19H19FN4O.C3H7NO/c1-24(14-4-2-3-5-14)19(25)17-7-6-16(22-23-17)13-10-12-8-9-21-18(12)15(20)11-13;1-2-3(4)5/h6-11,14,21H,2-5H2,1H3;2H2,1H3,(H2,4,5). The molecule has 8 heteroatoms. The van der Waals surface area contributed by atoms with E-state index < -0.39 is 0 Å². The number of aromatic amines is 1. The van der Waals surface area contributed by atoms with Crippen molar-refractivity contribution >= 4 is 22.7 Å². The molecule has 2 amide bonds. The lowest BCUT2D eigenvalue weighted by atomic mass is 10.1. The molecule has 3 N–H and O–H groups in total. The molecule has 158 valence electrons. The number of nitrogens with one attached hydrogen (secondary N) is 1. The molecule has 1 fully saturated rings. The van der Waals surface area contributed by atoms with E-state index in [0.717, 1.165) is 18.2 Å². The van der Waals surface area contributed by atoms with E-state index in [0.29, 0.717) is 34.9 Å². The summed E-state index contributed by atoms with van der Waals surface area (Å²) in [4.78, 5) is 26.8. The monoisotopic (exact) mass is 411 g/mol. The van der Waals surface area contributed by atoms with E-state index >= 15 is 0 Å². The summed E-state index contributed by atoms with van der Waals surface area (Å²) in [5.74, 6) is -0.691. The Balaban J connectivity index is 0.000000461. The van der Waals surface area contributed by atoms with E-state index in [-0.39, 0.29) is 17.6 Å². The fraction of sp³-hybridized carbons (Fsp3) is 0.364. The Hall–Kier alpha value is -3.29. The van der Waals surface area contributed by atoms with Crippen molar-refractivity contribution in [2.75, 3.05) is 7.05 Å². The zero-order chi connectivity index (χ0) is 21.7. The maximum absolute atomic E-state index is 14.1. The van der Waals surface area contributed by atoms with Crippen molar-refractivity contribution in [2.45, 2.75) is 45.1 Å². The van der Waals surface area contributed by atoms with Gasteiger partial charge in [-0.3, -0.25) is 9.59 Å². The van der Waals surface area contributed by atoms with Crippen LogP contribution in [0.3, 0.4) is 0 Å². The lowest BCUT2D eigenvalue weighted by molar-refractivity contribution is -0.117. The number of carbonyl (C=O) groups excluding carboxylic acids is 2. The van der Waals surface area contributed by atoms with E-state index in [1.165, 1.54) is 18.9 Å². The third kappa shape index (κ3) is 4.82. The number of nitrogens with two attached hydrogens (primary N) is 1. The molecule has 2 heterocycles. The van der Waals surface area contributed by atoms with Crippen molar-refractivity contribution in [3.8, 4) is 11.3 Å². The zero-order valence-electron chi connectivity index (χ0n) is 17.2. The normalized spacial score (nSPS) is 13.7. The Bertz CT molecular complexity index is 1030. The first-order valence-corrected chi connectivity index (χ1v) is 10.1. The van der Waals surface area contributed by atoms with Crippen molar-refractivity contribution in [2.24, 2.45) is 5.73 Å². The molecule has 4 rings (SSSR count). The lowest BCUT2D eigenvalue weighted by Crippen LogP contribution is -2.35. The number of hydrogen-bond donors (Lipinski definition) is 2. The van der Waals surface area contributed by atoms with Crippen molar-refractivity contribution in [1.29, 1.82) is 0 Å². The van der Waals surface area contributed by atoms with E-state index in [1.54, 1.807) is 30.2 Å². The second kappa shape index (κ2) is 9.47. The summed E-state index contributed by atoms with van der Waals surface area (Å²) in [5.41, 5.74) is 6.63. The number of H-pyrrole nitrogens is 1. The molecule has 30 heavy (non-hydrogen) atoms. The maximum atomic E-state index is 14.1. The van der Waals surface area contributed by atoms with Gasteiger partial charge >= 0.3 is 0 Å². The number of amides is 2. The molecule has 1 saturated carbocycles. The fourth-order valence-electron chi connectivity index (χ4n) is 3.51. The third-order valence-corrected chi connectivity index (χ3v) is 5.33. The van der Waals surface area contributed by atoms with Crippen molar-refractivity contribution in [3.63, 3.8) is 0 Å². The molecule has 0 atom stereocenters. The molecule has 0 aliphatic heterocycles. The zero-order valence-corrected chi connectivity index (χ0v) is 17.2. The van der Waals surface area contributed by atoms with Gasteiger partial charge in [-0.05, 0) is 43.2 Å². The van der Waals surface area contributed by atoms with Gasteiger partial charge in [0, 0.05) is 36.7 Å². The van der Waals surface area contributed by atoms with Crippen LogP contribution in [0.15, 0.2) is 36.5 Å². The molecule has 0 spiro atoms. The number of nitrogens with zero attached hydrogens (tertiary/aromatic N) is 3. The molecule has 0 unspecified atom stereocenters. The van der Waals surface area contributed by atoms with Gasteiger partial charge in [0.05, 0.1) is 11.2 Å². The molecule has 1 aliphatic carbocycles. The molecule has 1 aliphatic rings. The number of primary amides is 1. The molecule has 7 nitrogen and oxygen atoms in total.